The summed E-state index contributed by atoms with van der Waals surface area (Å²) in [6, 6.07) is 6.41. The van der Waals surface area contributed by atoms with E-state index in [2.05, 4.69) is 44.3 Å². The first-order valence-electron chi connectivity index (χ1n) is 9.82. The van der Waals surface area contributed by atoms with E-state index in [4.69, 9.17) is 0 Å². The van der Waals surface area contributed by atoms with Crippen LogP contribution in [0, 0.1) is 6.92 Å². The SMILES string of the molecule is CCCNC(=O)N1CCCN(C(=O)Cc2cc(C(C)C)ccc2C)CC1. The van der Waals surface area contributed by atoms with Gasteiger partial charge in [-0.2, -0.15) is 0 Å². The highest BCUT2D eigenvalue weighted by Gasteiger charge is 2.22. The van der Waals surface area contributed by atoms with E-state index in [-0.39, 0.29) is 11.9 Å². The van der Waals surface area contributed by atoms with E-state index in [0.29, 0.717) is 38.5 Å². The van der Waals surface area contributed by atoms with Gasteiger partial charge >= 0.3 is 6.03 Å². The van der Waals surface area contributed by atoms with Gasteiger partial charge in [-0.25, -0.2) is 4.79 Å². The molecule has 5 heteroatoms. The number of benzene rings is 1. The lowest BCUT2D eigenvalue weighted by atomic mass is 9.96. The molecule has 0 aromatic heterocycles. The topological polar surface area (TPSA) is 52.7 Å². The molecule has 26 heavy (non-hydrogen) atoms. The fourth-order valence-corrected chi connectivity index (χ4v) is 3.23. The van der Waals surface area contributed by atoms with Crippen molar-refractivity contribution in [2.45, 2.75) is 52.9 Å². The predicted molar refractivity (Wildman–Crippen MR) is 105 cm³/mol. The molecule has 1 aromatic carbocycles. The van der Waals surface area contributed by atoms with E-state index in [9.17, 15) is 9.59 Å². The van der Waals surface area contributed by atoms with Gasteiger partial charge in [0.2, 0.25) is 5.91 Å². The second-order valence-corrected chi connectivity index (χ2v) is 7.47. The van der Waals surface area contributed by atoms with Crippen LogP contribution in [0.4, 0.5) is 4.79 Å². The predicted octanol–water partition coefficient (Wildman–Crippen LogP) is 3.31. The first kappa shape index (κ1) is 20.3. The van der Waals surface area contributed by atoms with Gasteiger partial charge in [0.1, 0.15) is 0 Å². The minimum Gasteiger partial charge on any atom is -0.341 e. The molecule has 1 fully saturated rings. The Labute approximate surface area is 157 Å². The molecule has 0 saturated carbocycles. The standard InChI is InChI=1S/C21H33N3O2/c1-5-9-22-21(26)24-11-6-10-23(12-13-24)20(25)15-19-14-18(16(2)3)8-7-17(19)4/h7-8,14,16H,5-6,9-13,15H2,1-4H3,(H,22,26). The zero-order chi connectivity index (χ0) is 19.1. The van der Waals surface area contributed by atoms with Crippen LogP contribution in [-0.2, 0) is 11.2 Å². The maximum absolute atomic E-state index is 12.8. The lowest BCUT2D eigenvalue weighted by molar-refractivity contribution is -0.130. The molecule has 0 unspecified atom stereocenters. The molecule has 1 saturated heterocycles. The van der Waals surface area contributed by atoms with E-state index in [1.807, 2.05) is 16.7 Å². The molecule has 1 aliphatic heterocycles. The third-order valence-electron chi connectivity index (χ3n) is 5.04. The molecule has 1 aromatic rings. The van der Waals surface area contributed by atoms with E-state index >= 15 is 0 Å². The minimum absolute atomic E-state index is 0.0124. The summed E-state index contributed by atoms with van der Waals surface area (Å²) in [6.07, 6.45) is 2.20. The number of nitrogens with one attached hydrogen (secondary N) is 1. The first-order chi connectivity index (χ1) is 12.4. The zero-order valence-electron chi connectivity index (χ0n) is 16.7. The second-order valence-electron chi connectivity index (χ2n) is 7.47. The van der Waals surface area contributed by atoms with Gasteiger partial charge in [0, 0.05) is 32.7 Å². The number of amides is 3. The van der Waals surface area contributed by atoms with Gasteiger partial charge in [0.15, 0.2) is 0 Å². The van der Waals surface area contributed by atoms with Crippen LogP contribution >= 0.6 is 0 Å². The van der Waals surface area contributed by atoms with Gasteiger partial charge in [-0.3, -0.25) is 4.79 Å². The van der Waals surface area contributed by atoms with Gasteiger partial charge in [-0.15, -0.1) is 0 Å². The molecule has 1 N–H and O–H groups in total. The first-order valence-corrected chi connectivity index (χ1v) is 9.82. The molecule has 1 heterocycles. The summed E-state index contributed by atoms with van der Waals surface area (Å²) in [5, 5.41) is 2.92. The smallest absolute Gasteiger partial charge is 0.317 e. The zero-order valence-corrected chi connectivity index (χ0v) is 16.7. The summed E-state index contributed by atoms with van der Waals surface area (Å²) in [5.41, 5.74) is 3.55. The van der Waals surface area contributed by atoms with Crippen LogP contribution in [0.25, 0.3) is 0 Å². The van der Waals surface area contributed by atoms with Crippen LogP contribution in [0.1, 0.15) is 56.2 Å². The fraction of sp³-hybridized carbons (Fsp3) is 0.619. The molecule has 5 nitrogen and oxygen atoms in total. The lowest BCUT2D eigenvalue weighted by Crippen LogP contribution is -2.43. The van der Waals surface area contributed by atoms with Crippen molar-refractivity contribution in [1.29, 1.82) is 0 Å². The highest BCUT2D eigenvalue weighted by Crippen LogP contribution is 2.20. The number of rotatable bonds is 5. The Bertz CT molecular complexity index is 628. The molecule has 0 atom stereocenters. The molecular weight excluding hydrogens is 326 g/mol. The van der Waals surface area contributed by atoms with Gasteiger partial charge < -0.3 is 15.1 Å². The minimum atomic E-state index is -0.0124. The Morgan fingerprint density at radius 2 is 1.81 bits per heavy atom. The normalized spacial score (nSPS) is 15.1. The molecule has 0 radical (unpaired) electrons. The molecule has 0 aliphatic carbocycles. The van der Waals surface area contributed by atoms with Crippen molar-refractivity contribution in [3.8, 4) is 0 Å². The maximum Gasteiger partial charge on any atom is 0.317 e. The highest BCUT2D eigenvalue weighted by molar-refractivity contribution is 5.79. The number of nitrogens with zero attached hydrogens (tertiary/aromatic N) is 2. The summed E-state index contributed by atoms with van der Waals surface area (Å²) in [7, 11) is 0. The third-order valence-corrected chi connectivity index (χ3v) is 5.04. The summed E-state index contributed by atoms with van der Waals surface area (Å²) >= 11 is 0. The van der Waals surface area contributed by atoms with Crippen molar-refractivity contribution in [2.75, 3.05) is 32.7 Å². The molecule has 3 amide bonds. The van der Waals surface area contributed by atoms with Crippen molar-refractivity contribution < 1.29 is 9.59 Å². The summed E-state index contributed by atoms with van der Waals surface area (Å²) in [6.45, 7) is 11.8. The van der Waals surface area contributed by atoms with E-state index in [1.165, 1.54) is 5.56 Å². The van der Waals surface area contributed by atoms with Crippen LogP contribution in [0.3, 0.4) is 0 Å². The van der Waals surface area contributed by atoms with Crippen molar-refractivity contribution >= 4 is 11.9 Å². The van der Waals surface area contributed by atoms with Crippen LogP contribution < -0.4 is 5.32 Å². The molecule has 144 valence electrons. The highest BCUT2D eigenvalue weighted by atomic mass is 16.2. The van der Waals surface area contributed by atoms with Gasteiger partial charge in [-0.1, -0.05) is 39.0 Å². The quantitative estimate of drug-likeness (QED) is 0.877. The van der Waals surface area contributed by atoms with Crippen LogP contribution in [0.15, 0.2) is 18.2 Å². The number of hydrogen-bond donors (Lipinski definition) is 1. The van der Waals surface area contributed by atoms with E-state index in [0.717, 1.165) is 30.5 Å². The monoisotopic (exact) mass is 359 g/mol. The summed E-state index contributed by atoms with van der Waals surface area (Å²) in [4.78, 5) is 28.7. The molecule has 0 bridgehead atoms. The number of carbonyl (C=O) groups excluding carboxylic acids is 2. The number of carbonyl (C=O) groups is 2. The lowest BCUT2D eigenvalue weighted by Gasteiger charge is -2.23. The number of hydrogen-bond acceptors (Lipinski definition) is 2. The van der Waals surface area contributed by atoms with Crippen molar-refractivity contribution in [2.24, 2.45) is 0 Å². The Balaban J connectivity index is 1.96. The molecule has 2 rings (SSSR count). The maximum atomic E-state index is 12.8. The third kappa shape index (κ3) is 5.48. The molecule has 0 spiro atoms. The molecular formula is C21H33N3O2. The Hall–Kier alpha value is -2.04. The van der Waals surface area contributed by atoms with Gasteiger partial charge in [-0.05, 0) is 42.4 Å². The van der Waals surface area contributed by atoms with Crippen LogP contribution in [0.5, 0.6) is 0 Å². The van der Waals surface area contributed by atoms with Gasteiger partial charge in [0.25, 0.3) is 0 Å². The van der Waals surface area contributed by atoms with E-state index in [1.54, 1.807) is 0 Å². The average molecular weight is 360 g/mol. The average Bonchev–Trinajstić information content (AvgIpc) is 2.87. The van der Waals surface area contributed by atoms with Crippen molar-refractivity contribution in [1.82, 2.24) is 15.1 Å². The number of aryl methyl sites for hydroxylation is 1. The fourth-order valence-electron chi connectivity index (χ4n) is 3.23. The van der Waals surface area contributed by atoms with Crippen molar-refractivity contribution in [3.05, 3.63) is 34.9 Å². The largest absolute Gasteiger partial charge is 0.341 e. The summed E-state index contributed by atoms with van der Waals surface area (Å²) < 4.78 is 0. The number of urea groups is 1. The van der Waals surface area contributed by atoms with Gasteiger partial charge in [0.05, 0.1) is 6.42 Å². The Morgan fingerprint density at radius 3 is 2.50 bits per heavy atom. The second kappa shape index (κ2) is 9.60. The van der Waals surface area contributed by atoms with Crippen LogP contribution in [0.2, 0.25) is 0 Å². The van der Waals surface area contributed by atoms with Crippen LogP contribution in [-0.4, -0.2) is 54.5 Å². The molecule has 1 aliphatic rings. The van der Waals surface area contributed by atoms with Crippen molar-refractivity contribution in [3.63, 3.8) is 0 Å². The summed E-state index contributed by atoms with van der Waals surface area (Å²) in [5.74, 6) is 0.614. The Morgan fingerprint density at radius 1 is 1.12 bits per heavy atom. The Kier molecular flexibility index (Phi) is 7.49. The van der Waals surface area contributed by atoms with E-state index < -0.39 is 0 Å².